The predicted octanol–water partition coefficient (Wildman–Crippen LogP) is 20.6. The Morgan fingerprint density at radius 1 is 0.375 bits per heavy atom. The third-order valence-electron chi connectivity index (χ3n) is 15.2. The highest BCUT2D eigenvalue weighted by Gasteiger charge is 2.18. The topological polar surface area (TPSA) is 95.9 Å². The Bertz CT molecular complexity index is 1120. The molecule has 0 spiro atoms. The molecule has 1 amide bonds. The number of esters is 1. The lowest BCUT2D eigenvalue weighted by Crippen LogP contribution is -2.45. The van der Waals surface area contributed by atoms with Crippen molar-refractivity contribution in [3.05, 3.63) is 24.3 Å². The van der Waals surface area contributed by atoms with Crippen LogP contribution < -0.4 is 5.32 Å². The van der Waals surface area contributed by atoms with Crippen LogP contribution in [0, 0.1) is 0 Å². The minimum atomic E-state index is -0.844. The monoisotopic (exact) mass is 1010 g/mol. The van der Waals surface area contributed by atoms with Crippen molar-refractivity contribution in [2.24, 2.45) is 0 Å². The molecule has 2 unspecified atom stereocenters. The van der Waals surface area contributed by atoms with Gasteiger partial charge in [0, 0.05) is 12.8 Å². The molecule has 426 valence electrons. The lowest BCUT2D eigenvalue weighted by atomic mass is 10.0. The second-order valence-electron chi connectivity index (χ2n) is 22.5. The Morgan fingerprint density at radius 3 is 0.986 bits per heavy atom. The van der Waals surface area contributed by atoms with Gasteiger partial charge in [0.1, 0.15) is 0 Å². The van der Waals surface area contributed by atoms with E-state index in [0.29, 0.717) is 19.4 Å². The van der Waals surface area contributed by atoms with Crippen LogP contribution in [-0.4, -0.2) is 47.4 Å². The molecule has 0 aliphatic heterocycles. The van der Waals surface area contributed by atoms with Crippen molar-refractivity contribution in [1.82, 2.24) is 5.32 Å². The number of carbonyl (C=O) groups is 2. The molecular formula is C66H127NO5. The Hall–Kier alpha value is -1.66. The lowest BCUT2D eigenvalue weighted by molar-refractivity contribution is -0.143. The summed E-state index contributed by atoms with van der Waals surface area (Å²) < 4.78 is 5.49. The highest BCUT2D eigenvalue weighted by molar-refractivity contribution is 5.76. The maximum atomic E-state index is 12.5. The summed E-state index contributed by atoms with van der Waals surface area (Å²) in [6, 6.07) is -0.627. The number of nitrogens with one attached hydrogen (secondary N) is 1. The molecule has 0 rings (SSSR count). The Balaban J connectivity index is 3.39. The number of allylic oxidation sites excluding steroid dienone is 3. The van der Waals surface area contributed by atoms with Crippen LogP contribution in [0.25, 0.3) is 0 Å². The summed E-state index contributed by atoms with van der Waals surface area (Å²) in [5.74, 6) is -0.0582. The fourth-order valence-electron chi connectivity index (χ4n) is 10.2. The fraction of sp³-hybridized carbons (Fsp3) is 0.909. The normalized spacial score (nSPS) is 12.7. The van der Waals surface area contributed by atoms with E-state index in [-0.39, 0.29) is 18.5 Å². The smallest absolute Gasteiger partial charge is 0.305 e. The van der Waals surface area contributed by atoms with E-state index in [0.717, 1.165) is 44.9 Å². The zero-order valence-electron chi connectivity index (χ0n) is 48.7. The van der Waals surface area contributed by atoms with E-state index >= 15 is 0 Å². The summed E-state index contributed by atoms with van der Waals surface area (Å²) in [7, 11) is 0. The van der Waals surface area contributed by atoms with Crippen LogP contribution in [0.2, 0.25) is 0 Å². The van der Waals surface area contributed by atoms with Gasteiger partial charge in [0.2, 0.25) is 5.91 Å². The number of aliphatic hydroxyl groups excluding tert-OH is 2. The van der Waals surface area contributed by atoms with Crippen molar-refractivity contribution in [1.29, 1.82) is 0 Å². The SMILES string of the molecule is CCCCCCCCC/C=C\CCCCCCCC(=O)OCCCCCCCCCCCCCCCCCCCCCCCCCC(=O)NC(CO)C(O)/C=C/CCCCCCCCCCCCCCCC. The highest BCUT2D eigenvalue weighted by atomic mass is 16.5. The number of aliphatic hydroxyl groups is 2. The summed E-state index contributed by atoms with van der Waals surface area (Å²) in [5.41, 5.74) is 0. The van der Waals surface area contributed by atoms with Crippen molar-refractivity contribution in [3.8, 4) is 0 Å². The van der Waals surface area contributed by atoms with Gasteiger partial charge in [-0.2, -0.15) is 0 Å². The summed E-state index contributed by atoms with van der Waals surface area (Å²) >= 11 is 0. The zero-order valence-corrected chi connectivity index (χ0v) is 48.7. The first-order valence-electron chi connectivity index (χ1n) is 32.6. The van der Waals surface area contributed by atoms with Crippen LogP contribution in [0.3, 0.4) is 0 Å². The predicted molar refractivity (Wildman–Crippen MR) is 315 cm³/mol. The lowest BCUT2D eigenvalue weighted by Gasteiger charge is -2.20. The standard InChI is InChI=1S/C66H127NO5/c1-3-5-7-9-11-13-15-17-19-30-34-38-42-46-50-54-58-64(69)63(62-68)67-65(70)59-55-51-47-43-39-35-31-28-26-24-22-21-23-25-27-29-33-37-41-45-49-53-57-61-72-66(71)60-56-52-48-44-40-36-32-20-18-16-14-12-10-8-6-4-2/h20,32,54,58,63-64,68-69H,3-19,21-31,33-53,55-57,59-62H2,1-2H3,(H,67,70)/b32-20-,58-54+. The Kier molecular flexibility index (Phi) is 60.5. The van der Waals surface area contributed by atoms with Crippen molar-refractivity contribution >= 4 is 11.9 Å². The molecule has 0 fully saturated rings. The molecule has 0 aliphatic rings. The largest absolute Gasteiger partial charge is 0.466 e. The summed E-state index contributed by atoms with van der Waals surface area (Å²) in [6.45, 7) is 4.92. The van der Waals surface area contributed by atoms with Crippen LogP contribution in [0.1, 0.15) is 361 Å². The number of carbonyl (C=O) groups excluding carboxylic acids is 2. The molecule has 0 saturated heterocycles. The summed E-state index contributed by atoms with van der Waals surface area (Å²) in [4.78, 5) is 24.6. The van der Waals surface area contributed by atoms with Crippen molar-refractivity contribution in [2.45, 2.75) is 373 Å². The Morgan fingerprint density at radius 2 is 0.653 bits per heavy atom. The van der Waals surface area contributed by atoms with Crippen LogP contribution in [0.15, 0.2) is 24.3 Å². The molecule has 2 atom stereocenters. The first-order chi connectivity index (χ1) is 35.5. The number of hydrogen-bond donors (Lipinski definition) is 3. The fourth-order valence-corrected chi connectivity index (χ4v) is 10.2. The van der Waals surface area contributed by atoms with Gasteiger partial charge in [-0.05, 0) is 57.8 Å². The van der Waals surface area contributed by atoms with Gasteiger partial charge in [0.25, 0.3) is 0 Å². The molecule has 6 heteroatoms. The average molecular weight is 1010 g/mol. The van der Waals surface area contributed by atoms with E-state index in [9.17, 15) is 19.8 Å². The molecule has 72 heavy (non-hydrogen) atoms. The molecule has 6 nitrogen and oxygen atoms in total. The molecular weight excluding hydrogens is 887 g/mol. The van der Waals surface area contributed by atoms with Gasteiger partial charge in [0.15, 0.2) is 0 Å². The van der Waals surface area contributed by atoms with Gasteiger partial charge in [-0.15, -0.1) is 0 Å². The van der Waals surface area contributed by atoms with E-state index in [2.05, 4.69) is 31.3 Å². The highest BCUT2D eigenvalue weighted by Crippen LogP contribution is 2.18. The molecule has 3 N–H and O–H groups in total. The van der Waals surface area contributed by atoms with Gasteiger partial charge in [0.05, 0.1) is 25.4 Å². The number of unbranched alkanes of at least 4 members (excludes halogenated alkanes) is 48. The molecule has 0 aromatic carbocycles. The van der Waals surface area contributed by atoms with Gasteiger partial charge in [-0.1, -0.05) is 314 Å². The van der Waals surface area contributed by atoms with Crippen LogP contribution in [0.5, 0.6) is 0 Å². The Labute approximate surface area is 450 Å². The average Bonchev–Trinajstić information content (AvgIpc) is 3.38. The maximum absolute atomic E-state index is 12.5. The summed E-state index contributed by atoms with van der Waals surface area (Å²) in [6.07, 6.45) is 76.6. The van der Waals surface area contributed by atoms with Crippen LogP contribution in [0.4, 0.5) is 0 Å². The van der Waals surface area contributed by atoms with Crippen molar-refractivity contribution in [3.63, 3.8) is 0 Å². The first kappa shape index (κ1) is 70.3. The number of hydrogen-bond acceptors (Lipinski definition) is 5. The van der Waals surface area contributed by atoms with Gasteiger partial charge < -0.3 is 20.3 Å². The van der Waals surface area contributed by atoms with Crippen LogP contribution >= 0.6 is 0 Å². The molecule has 0 aromatic heterocycles. The summed E-state index contributed by atoms with van der Waals surface area (Å²) in [5, 5.41) is 23.2. The third kappa shape index (κ3) is 57.6. The number of rotatable bonds is 61. The zero-order chi connectivity index (χ0) is 52.2. The minimum absolute atomic E-state index is 0.00701. The third-order valence-corrected chi connectivity index (χ3v) is 15.2. The van der Waals surface area contributed by atoms with E-state index in [1.165, 1.54) is 289 Å². The molecule has 0 aliphatic carbocycles. The van der Waals surface area contributed by atoms with Gasteiger partial charge in [-0.3, -0.25) is 9.59 Å². The maximum Gasteiger partial charge on any atom is 0.305 e. The first-order valence-corrected chi connectivity index (χ1v) is 32.6. The second kappa shape index (κ2) is 61.9. The van der Waals surface area contributed by atoms with Gasteiger partial charge in [-0.25, -0.2) is 0 Å². The molecule has 0 saturated carbocycles. The quantitative estimate of drug-likeness (QED) is 0.0320. The van der Waals surface area contributed by atoms with E-state index in [1.54, 1.807) is 6.08 Å². The molecule has 0 bridgehead atoms. The number of amides is 1. The second-order valence-corrected chi connectivity index (χ2v) is 22.5. The molecule has 0 heterocycles. The molecule has 0 radical (unpaired) electrons. The minimum Gasteiger partial charge on any atom is -0.466 e. The van der Waals surface area contributed by atoms with E-state index in [4.69, 9.17) is 4.74 Å². The van der Waals surface area contributed by atoms with Gasteiger partial charge >= 0.3 is 5.97 Å². The van der Waals surface area contributed by atoms with Crippen molar-refractivity contribution < 1.29 is 24.5 Å². The van der Waals surface area contributed by atoms with Crippen molar-refractivity contribution in [2.75, 3.05) is 13.2 Å². The van der Waals surface area contributed by atoms with E-state index < -0.39 is 12.1 Å². The number of ether oxygens (including phenoxy) is 1. The molecule has 0 aromatic rings. The van der Waals surface area contributed by atoms with Crippen LogP contribution in [-0.2, 0) is 14.3 Å². The van der Waals surface area contributed by atoms with E-state index in [1.807, 2.05) is 6.08 Å².